The Bertz CT molecular complexity index is 1170. The fourth-order valence-electron chi connectivity index (χ4n) is 2.86. The number of hydrogen-bond acceptors (Lipinski definition) is 6. The van der Waals surface area contributed by atoms with Crippen LogP contribution in [0.3, 0.4) is 0 Å². The van der Waals surface area contributed by atoms with Crippen molar-refractivity contribution in [2.75, 3.05) is 4.72 Å². The molecule has 0 spiro atoms. The lowest BCUT2D eigenvalue weighted by Gasteiger charge is -2.12. The highest BCUT2D eigenvalue weighted by Gasteiger charge is 2.32. The minimum absolute atomic E-state index is 0.0261. The van der Waals surface area contributed by atoms with Crippen molar-refractivity contribution < 1.29 is 30.7 Å². The van der Waals surface area contributed by atoms with Crippen LogP contribution in [0.5, 0.6) is 5.75 Å². The lowest BCUT2D eigenvalue weighted by molar-refractivity contribution is -0.274. The maximum atomic E-state index is 13.1. The number of aryl methyl sites for hydroxylation is 1. The second kappa shape index (κ2) is 7.10. The van der Waals surface area contributed by atoms with E-state index in [4.69, 9.17) is 4.42 Å². The first-order valence-corrected chi connectivity index (χ1v) is 9.72. The van der Waals surface area contributed by atoms with Gasteiger partial charge in [-0.1, -0.05) is 6.07 Å². The Morgan fingerprint density at radius 2 is 1.83 bits per heavy atom. The summed E-state index contributed by atoms with van der Waals surface area (Å²) in [6, 6.07) is 4.55. The van der Waals surface area contributed by atoms with E-state index in [0.29, 0.717) is 11.4 Å². The Hall–Kier alpha value is -3.02. The highest BCUT2D eigenvalue weighted by Crippen LogP contribution is 2.35. The van der Waals surface area contributed by atoms with Crippen molar-refractivity contribution in [3.63, 3.8) is 0 Å². The molecule has 8 nitrogen and oxygen atoms in total. The molecule has 0 radical (unpaired) electrons. The predicted molar refractivity (Wildman–Crippen MR) is 96.8 cm³/mol. The van der Waals surface area contributed by atoms with Crippen molar-refractivity contribution in [3.05, 3.63) is 41.5 Å². The van der Waals surface area contributed by atoms with Gasteiger partial charge in [-0.15, -0.1) is 23.4 Å². The molecule has 0 atom stereocenters. The molecule has 0 fully saturated rings. The van der Waals surface area contributed by atoms with Crippen LogP contribution in [0.25, 0.3) is 11.5 Å². The van der Waals surface area contributed by atoms with E-state index in [1.54, 1.807) is 32.4 Å². The van der Waals surface area contributed by atoms with E-state index >= 15 is 0 Å². The number of benzene rings is 1. The number of hydrogen-bond donors (Lipinski definition) is 1. The van der Waals surface area contributed by atoms with Crippen LogP contribution in [0.4, 0.5) is 18.9 Å². The third-order valence-electron chi connectivity index (χ3n) is 4.25. The average molecular weight is 430 g/mol. The summed E-state index contributed by atoms with van der Waals surface area (Å²) < 4.78 is 76.7. The van der Waals surface area contributed by atoms with Crippen LogP contribution in [0.1, 0.15) is 17.3 Å². The van der Waals surface area contributed by atoms with E-state index in [9.17, 15) is 21.6 Å². The summed E-state index contributed by atoms with van der Waals surface area (Å²) in [5.41, 5.74) is 1.09. The molecule has 1 aromatic carbocycles. The SMILES string of the molecule is Cc1nnc(-c2c(S(=O)(=O)Nc3cccc(OC(F)(F)F)c3)c(C)n(C)c2C)o1. The molecule has 29 heavy (non-hydrogen) atoms. The zero-order valence-corrected chi connectivity index (χ0v) is 16.6. The summed E-state index contributed by atoms with van der Waals surface area (Å²) in [5, 5.41) is 7.63. The molecule has 12 heteroatoms. The highest BCUT2D eigenvalue weighted by molar-refractivity contribution is 7.93. The molecule has 156 valence electrons. The highest BCUT2D eigenvalue weighted by atomic mass is 32.2. The lowest BCUT2D eigenvalue weighted by Crippen LogP contribution is -2.18. The van der Waals surface area contributed by atoms with Gasteiger partial charge in [0.2, 0.25) is 5.89 Å². The number of nitrogens with zero attached hydrogens (tertiary/aromatic N) is 3. The third-order valence-corrected chi connectivity index (χ3v) is 5.79. The van der Waals surface area contributed by atoms with Crippen molar-refractivity contribution >= 4 is 15.7 Å². The maximum Gasteiger partial charge on any atom is 0.573 e. The Morgan fingerprint density at radius 3 is 2.41 bits per heavy atom. The van der Waals surface area contributed by atoms with Crippen LogP contribution in [-0.2, 0) is 17.1 Å². The Kier molecular flexibility index (Phi) is 5.07. The maximum absolute atomic E-state index is 13.1. The van der Waals surface area contributed by atoms with Gasteiger partial charge in [-0.25, -0.2) is 8.42 Å². The van der Waals surface area contributed by atoms with E-state index < -0.39 is 22.1 Å². The largest absolute Gasteiger partial charge is 0.573 e. The molecule has 2 heterocycles. The molecule has 3 aromatic rings. The van der Waals surface area contributed by atoms with Gasteiger partial charge in [0.1, 0.15) is 10.6 Å². The molecule has 0 bridgehead atoms. The fraction of sp³-hybridized carbons (Fsp3) is 0.294. The van der Waals surface area contributed by atoms with E-state index in [0.717, 1.165) is 12.1 Å². The van der Waals surface area contributed by atoms with E-state index in [1.807, 2.05) is 0 Å². The number of rotatable bonds is 5. The van der Waals surface area contributed by atoms with Crippen LogP contribution >= 0.6 is 0 Å². The standard InChI is InChI=1S/C17H17F3N4O4S/c1-9-14(16-22-21-11(3)27-16)15(10(2)24(9)4)29(25,26)23-12-6-5-7-13(8-12)28-17(18,19)20/h5-8,23H,1-4H3. The first kappa shape index (κ1) is 20.7. The van der Waals surface area contributed by atoms with Crippen LogP contribution in [0.15, 0.2) is 33.6 Å². The van der Waals surface area contributed by atoms with Crippen LogP contribution in [0.2, 0.25) is 0 Å². The quantitative estimate of drug-likeness (QED) is 0.663. The Balaban J connectivity index is 2.05. The van der Waals surface area contributed by atoms with Crippen molar-refractivity contribution in [1.29, 1.82) is 0 Å². The summed E-state index contributed by atoms with van der Waals surface area (Å²) in [4.78, 5) is -0.108. The summed E-state index contributed by atoms with van der Waals surface area (Å²) in [6.07, 6.45) is -4.90. The molecule has 0 aliphatic rings. The van der Waals surface area contributed by atoms with E-state index in [-0.39, 0.29) is 27.9 Å². The number of sulfonamides is 1. The first-order valence-electron chi connectivity index (χ1n) is 8.24. The second-order valence-electron chi connectivity index (χ2n) is 6.24. The molecule has 0 amide bonds. The van der Waals surface area contributed by atoms with E-state index in [2.05, 4.69) is 19.7 Å². The van der Waals surface area contributed by atoms with Gasteiger partial charge in [0.25, 0.3) is 15.9 Å². The number of anilines is 1. The topological polar surface area (TPSA) is 99.3 Å². The number of aromatic nitrogens is 3. The average Bonchev–Trinajstić information content (AvgIpc) is 3.10. The van der Waals surface area contributed by atoms with Crippen molar-refractivity contribution in [3.8, 4) is 17.2 Å². The van der Waals surface area contributed by atoms with Gasteiger partial charge in [-0.05, 0) is 26.0 Å². The van der Waals surface area contributed by atoms with Gasteiger partial charge in [0.15, 0.2) is 0 Å². The van der Waals surface area contributed by atoms with Crippen LogP contribution < -0.4 is 9.46 Å². The van der Waals surface area contributed by atoms with Gasteiger partial charge in [-0.2, -0.15) is 0 Å². The van der Waals surface area contributed by atoms with Crippen molar-refractivity contribution in [1.82, 2.24) is 14.8 Å². The minimum Gasteiger partial charge on any atom is -0.421 e. The molecule has 3 rings (SSSR count). The third kappa shape index (κ3) is 4.21. The number of halogens is 3. The zero-order valence-electron chi connectivity index (χ0n) is 15.8. The smallest absolute Gasteiger partial charge is 0.421 e. The number of nitrogens with one attached hydrogen (secondary N) is 1. The predicted octanol–water partition coefficient (Wildman–Crippen LogP) is 3.70. The Labute approximate surface area is 164 Å². The molecular formula is C17H17F3N4O4S. The molecule has 0 saturated carbocycles. The van der Waals surface area contributed by atoms with E-state index in [1.165, 1.54) is 12.1 Å². The van der Waals surface area contributed by atoms with Gasteiger partial charge < -0.3 is 13.7 Å². The second-order valence-corrected chi connectivity index (χ2v) is 7.86. The minimum atomic E-state index is -4.90. The molecule has 2 aromatic heterocycles. The number of alkyl halides is 3. The van der Waals surface area contributed by atoms with Crippen molar-refractivity contribution in [2.24, 2.45) is 7.05 Å². The summed E-state index contributed by atoms with van der Waals surface area (Å²) in [5.74, 6) is -0.265. The van der Waals surface area contributed by atoms with Gasteiger partial charge in [-0.3, -0.25) is 4.72 Å². The summed E-state index contributed by atoms with van der Waals surface area (Å²) in [6.45, 7) is 4.86. The molecule has 0 saturated heterocycles. The normalized spacial score (nSPS) is 12.2. The molecular weight excluding hydrogens is 413 g/mol. The van der Waals surface area contributed by atoms with Gasteiger partial charge in [0.05, 0.1) is 11.3 Å². The summed E-state index contributed by atoms with van der Waals surface area (Å²) in [7, 11) is -2.54. The molecule has 0 aliphatic carbocycles. The van der Waals surface area contributed by atoms with Crippen LogP contribution in [-0.4, -0.2) is 29.5 Å². The monoisotopic (exact) mass is 430 g/mol. The molecule has 0 unspecified atom stereocenters. The molecule has 1 N–H and O–H groups in total. The lowest BCUT2D eigenvalue weighted by atomic mass is 10.2. The molecule has 0 aliphatic heterocycles. The van der Waals surface area contributed by atoms with Crippen molar-refractivity contribution in [2.45, 2.75) is 32.0 Å². The first-order chi connectivity index (χ1) is 13.4. The Morgan fingerprint density at radius 1 is 1.14 bits per heavy atom. The number of ether oxygens (including phenoxy) is 1. The van der Waals surface area contributed by atoms with Gasteiger partial charge in [0, 0.05) is 31.4 Å². The summed E-state index contributed by atoms with van der Waals surface area (Å²) >= 11 is 0. The fourth-order valence-corrected chi connectivity index (χ4v) is 4.43. The zero-order chi connectivity index (χ0) is 21.6. The van der Waals surface area contributed by atoms with Gasteiger partial charge >= 0.3 is 6.36 Å². The van der Waals surface area contributed by atoms with Crippen LogP contribution in [0, 0.1) is 20.8 Å².